The predicted octanol–water partition coefficient (Wildman–Crippen LogP) is 1.80. The Morgan fingerprint density at radius 1 is 1.56 bits per heavy atom. The Hall–Kier alpha value is -0.830. The number of rotatable bonds is 4. The third-order valence-electron chi connectivity index (χ3n) is 2.95. The summed E-state index contributed by atoms with van der Waals surface area (Å²) in [5.74, 6) is 0.780. The zero-order valence-corrected chi connectivity index (χ0v) is 10.7. The number of likely N-dealkylation sites (tertiary alicyclic amines) is 1. The van der Waals surface area contributed by atoms with Gasteiger partial charge in [-0.15, -0.1) is 0 Å². The van der Waals surface area contributed by atoms with Gasteiger partial charge in [-0.2, -0.15) is 0 Å². The lowest BCUT2D eigenvalue weighted by Crippen LogP contribution is -2.43. The summed E-state index contributed by atoms with van der Waals surface area (Å²) < 4.78 is 0. The van der Waals surface area contributed by atoms with Crippen molar-refractivity contribution in [2.24, 2.45) is 5.92 Å². The maximum Gasteiger partial charge on any atom is 0.246 e. The number of nitrogens with one attached hydrogen (secondary N) is 1. The van der Waals surface area contributed by atoms with Gasteiger partial charge in [0.1, 0.15) is 0 Å². The second kappa shape index (κ2) is 6.69. The molecule has 0 aromatic carbocycles. The fourth-order valence-corrected chi connectivity index (χ4v) is 2.08. The predicted molar refractivity (Wildman–Crippen MR) is 67.3 cm³/mol. The van der Waals surface area contributed by atoms with E-state index in [-0.39, 0.29) is 5.91 Å². The van der Waals surface area contributed by atoms with Crippen molar-refractivity contribution in [2.75, 3.05) is 19.6 Å². The van der Waals surface area contributed by atoms with Gasteiger partial charge in [0.2, 0.25) is 5.91 Å². The second-order valence-corrected chi connectivity index (χ2v) is 4.86. The third kappa shape index (κ3) is 4.35. The lowest BCUT2D eigenvalue weighted by atomic mass is 9.97. The Morgan fingerprint density at radius 2 is 2.31 bits per heavy atom. The van der Waals surface area contributed by atoms with Crippen LogP contribution >= 0.6 is 0 Å². The molecule has 1 atom stereocenters. The average Bonchev–Trinajstić information content (AvgIpc) is 2.27. The van der Waals surface area contributed by atoms with Gasteiger partial charge >= 0.3 is 0 Å². The maximum atomic E-state index is 11.7. The first kappa shape index (κ1) is 13.2. The average molecular weight is 224 g/mol. The fourth-order valence-electron chi connectivity index (χ4n) is 2.08. The summed E-state index contributed by atoms with van der Waals surface area (Å²) in [6.07, 6.45) is 5.85. The summed E-state index contributed by atoms with van der Waals surface area (Å²) in [7, 11) is 0. The van der Waals surface area contributed by atoms with Crippen molar-refractivity contribution in [3.8, 4) is 0 Å². The van der Waals surface area contributed by atoms with Crippen molar-refractivity contribution in [2.45, 2.75) is 39.7 Å². The molecule has 0 aromatic rings. The molecule has 3 heteroatoms. The van der Waals surface area contributed by atoms with Gasteiger partial charge in [0.15, 0.2) is 0 Å². The molecular weight excluding hydrogens is 200 g/mol. The molecule has 0 bridgehead atoms. The van der Waals surface area contributed by atoms with E-state index in [0.717, 1.165) is 26.1 Å². The molecule has 1 saturated heterocycles. The van der Waals surface area contributed by atoms with Crippen LogP contribution in [0.4, 0.5) is 0 Å². The molecule has 1 aliphatic heterocycles. The number of carbonyl (C=O) groups excluding carboxylic acids is 1. The van der Waals surface area contributed by atoms with Crippen LogP contribution in [0, 0.1) is 5.92 Å². The molecule has 0 radical (unpaired) electrons. The lowest BCUT2D eigenvalue weighted by Gasteiger charge is -2.32. The number of amides is 1. The second-order valence-electron chi connectivity index (χ2n) is 4.86. The number of nitrogens with zero attached hydrogens (tertiary/aromatic N) is 1. The zero-order valence-electron chi connectivity index (χ0n) is 10.7. The van der Waals surface area contributed by atoms with Gasteiger partial charge in [0, 0.05) is 19.1 Å². The van der Waals surface area contributed by atoms with E-state index in [4.69, 9.17) is 0 Å². The molecule has 1 N–H and O–H groups in total. The van der Waals surface area contributed by atoms with E-state index in [1.807, 2.05) is 17.9 Å². The molecule has 3 nitrogen and oxygen atoms in total. The zero-order chi connectivity index (χ0) is 12.0. The Morgan fingerprint density at radius 3 is 2.94 bits per heavy atom. The van der Waals surface area contributed by atoms with Crippen molar-refractivity contribution in [3.05, 3.63) is 12.2 Å². The van der Waals surface area contributed by atoms with E-state index < -0.39 is 0 Å². The molecule has 0 aliphatic carbocycles. The molecule has 0 aromatic heterocycles. The van der Waals surface area contributed by atoms with Crippen LogP contribution in [0.2, 0.25) is 0 Å². The van der Waals surface area contributed by atoms with Crippen molar-refractivity contribution in [1.29, 1.82) is 0 Å². The first-order chi connectivity index (χ1) is 7.63. The summed E-state index contributed by atoms with van der Waals surface area (Å²) in [6.45, 7) is 9.05. The molecule has 1 unspecified atom stereocenters. The first-order valence-electron chi connectivity index (χ1n) is 6.28. The largest absolute Gasteiger partial charge is 0.339 e. The van der Waals surface area contributed by atoms with Crippen LogP contribution < -0.4 is 5.32 Å². The van der Waals surface area contributed by atoms with Crippen LogP contribution in [0.15, 0.2) is 12.2 Å². The topological polar surface area (TPSA) is 32.3 Å². The molecule has 1 amide bonds. The molecular formula is C13H24N2O. The summed E-state index contributed by atoms with van der Waals surface area (Å²) in [5.41, 5.74) is 0. The summed E-state index contributed by atoms with van der Waals surface area (Å²) in [5, 5.41) is 3.45. The third-order valence-corrected chi connectivity index (χ3v) is 2.95. The minimum atomic E-state index is 0.164. The Bertz CT molecular complexity index is 248. The number of hydrogen-bond donors (Lipinski definition) is 1. The number of carbonyl (C=O) groups is 1. The summed E-state index contributed by atoms with van der Waals surface area (Å²) >= 11 is 0. The molecule has 1 fully saturated rings. The first-order valence-corrected chi connectivity index (χ1v) is 6.28. The van der Waals surface area contributed by atoms with Crippen molar-refractivity contribution >= 4 is 5.91 Å². The van der Waals surface area contributed by atoms with Crippen LogP contribution in [0.3, 0.4) is 0 Å². The van der Waals surface area contributed by atoms with Gasteiger partial charge in [-0.3, -0.25) is 4.79 Å². The highest BCUT2D eigenvalue weighted by molar-refractivity contribution is 5.87. The molecule has 0 spiro atoms. The van der Waals surface area contributed by atoms with Crippen molar-refractivity contribution in [3.63, 3.8) is 0 Å². The van der Waals surface area contributed by atoms with Crippen LogP contribution in [0.25, 0.3) is 0 Å². The van der Waals surface area contributed by atoms with E-state index in [9.17, 15) is 4.79 Å². The van der Waals surface area contributed by atoms with E-state index in [0.29, 0.717) is 12.0 Å². The maximum absolute atomic E-state index is 11.7. The van der Waals surface area contributed by atoms with Crippen LogP contribution in [0.5, 0.6) is 0 Å². The minimum Gasteiger partial charge on any atom is -0.339 e. The van der Waals surface area contributed by atoms with Gasteiger partial charge < -0.3 is 10.2 Å². The Balaban J connectivity index is 2.38. The highest BCUT2D eigenvalue weighted by Gasteiger charge is 2.21. The summed E-state index contributed by atoms with van der Waals surface area (Å²) in [6, 6.07) is 0.529. The van der Waals surface area contributed by atoms with Crippen molar-refractivity contribution in [1.82, 2.24) is 10.2 Å². The standard InChI is InChI=1S/C13H24N2O/c1-4-6-13(16)15-8-5-7-12(10-15)9-14-11(2)3/h4,6,11-12,14H,5,7-10H2,1-3H3. The van der Waals surface area contributed by atoms with Gasteiger partial charge in [0.25, 0.3) is 0 Å². The SMILES string of the molecule is CC=CC(=O)N1CCCC(CNC(C)C)C1. The normalized spacial score (nSPS) is 22.0. The summed E-state index contributed by atoms with van der Waals surface area (Å²) in [4.78, 5) is 13.7. The highest BCUT2D eigenvalue weighted by Crippen LogP contribution is 2.16. The van der Waals surface area contributed by atoms with Gasteiger partial charge in [-0.1, -0.05) is 19.9 Å². The number of piperidine rings is 1. The number of allylic oxidation sites excluding steroid dienone is 1. The smallest absolute Gasteiger partial charge is 0.246 e. The van der Waals surface area contributed by atoms with Crippen LogP contribution in [0.1, 0.15) is 33.6 Å². The monoisotopic (exact) mass is 224 g/mol. The van der Waals surface area contributed by atoms with Crippen LogP contribution in [-0.4, -0.2) is 36.5 Å². The molecule has 92 valence electrons. The van der Waals surface area contributed by atoms with Crippen LogP contribution in [-0.2, 0) is 4.79 Å². The van der Waals surface area contributed by atoms with Gasteiger partial charge in [-0.05, 0) is 38.3 Å². The Kier molecular flexibility index (Phi) is 5.53. The quantitative estimate of drug-likeness (QED) is 0.739. The fraction of sp³-hybridized carbons (Fsp3) is 0.769. The molecule has 16 heavy (non-hydrogen) atoms. The van der Waals surface area contributed by atoms with Gasteiger partial charge in [0.05, 0.1) is 0 Å². The molecule has 1 heterocycles. The molecule has 1 aliphatic rings. The Labute approximate surface area is 98.9 Å². The number of hydrogen-bond acceptors (Lipinski definition) is 2. The van der Waals surface area contributed by atoms with E-state index in [1.54, 1.807) is 6.08 Å². The van der Waals surface area contributed by atoms with Crippen molar-refractivity contribution < 1.29 is 4.79 Å². The molecule has 1 rings (SSSR count). The molecule has 0 saturated carbocycles. The van der Waals surface area contributed by atoms with E-state index >= 15 is 0 Å². The van der Waals surface area contributed by atoms with Gasteiger partial charge in [-0.25, -0.2) is 0 Å². The van der Waals surface area contributed by atoms with E-state index in [1.165, 1.54) is 6.42 Å². The lowest BCUT2D eigenvalue weighted by molar-refractivity contribution is -0.127. The highest BCUT2D eigenvalue weighted by atomic mass is 16.2. The van der Waals surface area contributed by atoms with E-state index in [2.05, 4.69) is 19.2 Å². The minimum absolute atomic E-state index is 0.164.